The van der Waals surface area contributed by atoms with Crippen molar-refractivity contribution in [1.82, 2.24) is 15.1 Å². The zero-order valence-corrected chi connectivity index (χ0v) is 11.8. The number of hydrogen-bond donors (Lipinski definition) is 2. The van der Waals surface area contributed by atoms with Gasteiger partial charge < -0.3 is 11.1 Å². The Hall–Kier alpha value is -1.36. The van der Waals surface area contributed by atoms with Crippen LogP contribution in [0.2, 0.25) is 0 Å². The maximum atomic E-state index is 12.0. The molecule has 0 aromatic carbocycles. The van der Waals surface area contributed by atoms with Gasteiger partial charge in [0.1, 0.15) is 6.04 Å². The van der Waals surface area contributed by atoms with Gasteiger partial charge in [0.25, 0.3) is 0 Å². The molecule has 1 saturated carbocycles. The number of amides is 1. The largest absolute Gasteiger partial charge is 0.354 e. The fourth-order valence-corrected chi connectivity index (χ4v) is 2.79. The van der Waals surface area contributed by atoms with Gasteiger partial charge in [-0.05, 0) is 18.3 Å². The summed E-state index contributed by atoms with van der Waals surface area (Å²) in [6.45, 7) is 3.02. The first-order valence-electron chi connectivity index (χ1n) is 7.09. The summed E-state index contributed by atoms with van der Waals surface area (Å²) in [4.78, 5) is 12.0. The first-order valence-corrected chi connectivity index (χ1v) is 7.09. The van der Waals surface area contributed by atoms with Crippen molar-refractivity contribution in [2.24, 2.45) is 24.6 Å². The SMILES string of the molecule is CC1CCCCC1CNC(=O)C(N)c1cnn(C)c1. The molecule has 0 bridgehead atoms. The van der Waals surface area contributed by atoms with Gasteiger partial charge in [0.05, 0.1) is 6.20 Å². The maximum Gasteiger partial charge on any atom is 0.241 e. The molecule has 1 aliphatic carbocycles. The second-order valence-electron chi connectivity index (χ2n) is 5.69. The van der Waals surface area contributed by atoms with E-state index in [9.17, 15) is 4.79 Å². The summed E-state index contributed by atoms with van der Waals surface area (Å²) in [6, 6.07) is -0.618. The lowest BCUT2D eigenvalue weighted by Crippen LogP contribution is -2.38. The van der Waals surface area contributed by atoms with Crippen LogP contribution in [-0.4, -0.2) is 22.2 Å². The lowest BCUT2D eigenvalue weighted by molar-refractivity contribution is -0.122. The van der Waals surface area contributed by atoms with Crippen LogP contribution in [0.1, 0.15) is 44.2 Å². The molecule has 1 aliphatic rings. The average molecular weight is 264 g/mol. The average Bonchev–Trinajstić information content (AvgIpc) is 2.83. The molecule has 1 aromatic rings. The van der Waals surface area contributed by atoms with Crippen LogP contribution in [0.15, 0.2) is 12.4 Å². The highest BCUT2D eigenvalue weighted by Crippen LogP contribution is 2.28. The number of nitrogens with zero attached hydrogens (tertiary/aromatic N) is 2. The van der Waals surface area contributed by atoms with Crippen LogP contribution in [0.3, 0.4) is 0 Å². The molecule has 2 rings (SSSR count). The topological polar surface area (TPSA) is 72.9 Å². The molecule has 5 heteroatoms. The molecule has 1 aromatic heterocycles. The molecule has 3 unspecified atom stereocenters. The highest BCUT2D eigenvalue weighted by molar-refractivity contribution is 5.82. The predicted molar refractivity (Wildman–Crippen MR) is 74.3 cm³/mol. The minimum Gasteiger partial charge on any atom is -0.354 e. The highest BCUT2D eigenvalue weighted by Gasteiger charge is 2.23. The van der Waals surface area contributed by atoms with Crippen molar-refractivity contribution in [3.8, 4) is 0 Å². The lowest BCUT2D eigenvalue weighted by Gasteiger charge is -2.29. The first kappa shape index (κ1) is 14.1. The van der Waals surface area contributed by atoms with E-state index < -0.39 is 6.04 Å². The van der Waals surface area contributed by atoms with Crippen molar-refractivity contribution in [3.05, 3.63) is 18.0 Å². The Morgan fingerprint density at radius 1 is 1.58 bits per heavy atom. The fraction of sp³-hybridized carbons (Fsp3) is 0.714. The Morgan fingerprint density at radius 2 is 2.32 bits per heavy atom. The van der Waals surface area contributed by atoms with Crippen LogP contribution in [0, 0.1) is 11.8 Å². The summed E-state index contributed by atoms with van der Waals surface area (Å²) >= 11 is 0. The van der Waals surface area contributed by atoms with E-state index in [1.807, 2.05) is 7.05 Å². The predicted octanol–water partition coefficient (Wildman–Crippen LogP) is 1.36. The molecule has 106 valence electrons. The summed E-state index contributed by atoms with van der Waals surface area (Å²) in [5.41, 5.74) is 6.70. The Balaban J connectivity index is 1.83. The van der Waals surface area contributed by atoms with Crippen molar-refractivity contribution < 1.29 is 4.79 Å². The van der Waals surface area contributed by atoms with Crippen molar-refractivity contribution >= 4 is 5.91 Å². The van der Waals surface area contributed by atoms with E-state index in [-0.39, 0.29) is 5.91 Å². The molecule has 1 fully saturated rings. The number of nitrogens with two attached hydrogens (primary N) is 1. The van der Waals surface area contributed by atoms with Crippen molar-refractivity contribution in [2.75, 3.05) is 6.54 Å². The van der Waals surface area contributed by atoms with Crippen LogP contribution < -0.4 is 11.1 Å². The van der Waals surface area contributed by atoms with Crippen LogP contribution in [0.4, 0.5) is 0 Å². The number of hydrogen-bond acceptors (Lipinski definition) is 3. The minimum atomic E-state index is -0.618. The first-order chi connectivity index (χ1) is 9.08. The summed E-state index contributed by atoms with van der Waals surface area (Å²) in [5, 5.41) is 7.03. The third kappa shape index (κ3) is 3.56. The Labute approximate surface area is 114 Å². The molecule has 0 radical (unpaired) electrons. The summed E-state index contributed by atoms with van der Waals surface area (Å²) in [7, 11) is 1.82. The number of carbonyl (C=O) groups excluding carboxylic acids is 1. The van der Waals surface area contributed by atoms with Gasteiger partial charge in [0, 0.05) is 25.4 Å². The number of carbonyl (C=O) groups is 1. The molecule has 1 heterocycles. The smallest absolute Gasteiger partial charge is 0.241 e. The van der Waals surface area contributed by atoms with Crippen LogP contribution in [0.25, 0.3) is 0 Å². The maximum absolute atomic E-state index is 12.0. The van der Waals surface area contributed by atoms with Gasteiger partial charge in [-0.3, -0.25) is 9.48 Å². The van der Waals surface area contributed by atoms with Crippen LogP contribution >= 0.6 is 0 Å². The van der Waals surface area contributed by atoms with E-state index in [2.05, 4.69) is 17.3 Å². The zero-order valence-electron chi connectivity index (χ0n) is 11.8. The molecule has 0 spiro atoms. The van der Waals surface area contributed by atoms with E-state index >= 15 is 0 Å². The number of aromatic nitrogens is 2. The number of nitrogens with one attached hydrogen (secondary N) is 1. The third-order valence-electron chi connectivity index (χ3n) is 4.19. The molecule has 3 atom stereocenters. The standard InChI is InChI=1S/C14H24N4O/c1-10-5-3-4-6-11(10)7-16-14(19)13(15)12-8-17-18(2)9-12/h8-11,13H,3-7,15H2,1-2H3,(H,16,19). The summed E-state index contributed by atoms with van der Waals surface area (Å²) in [6.07, 6.45) is 8.51. The van der Waals surface area contributed by atoms with Gasteiger partial charge >= 0.3 is 0 Å². The molecule has 0 saturated heterocycles. The molecular weight excluding hydrogens is 240 g/mol. The van der Waals surface area contributed by atoms with Crippen molar-refractivity contribution in [3.63, 3.8) is 0 Å². The van der Waals surface area contributed by atoms with Crippen LogP contribution in [0.5, 0.6) is 0 Å². The van der Waals surface area contributed by atoms with Gasteiger partial charge in [-0.1, -0.05) is 26.2 Å². The second kappa shape index (κ2) is 6.19. The van der Waals surface area contributed by atoms with Gasteiger partial charge in [-0.15, -0.1) is 0 Å². The molecule has 19 heavy (non-hydrogen) atoms. The second-order valence-corrected chi connectivity index (χ2v) is 5.69. The van der Waals surface area contributed by atoms with E-state index in [1.165, 1.54) is 25.7 Å². The fourth-order valence-electron chi connectivity index (χ4n) is 2.79. The monoisotopic (exact) mass is 264 g/mol. The zero-order chi connectivity index (χ0) is 13.8. The molecule has 5 nitrogen and oxygen atoms in total. The summed E-state index contributed by atoms with van der Waals surface area (Å²) in [5.74, 6) is 1.19. The van der Waals surface area contributed by atoms with E-state index in [0.717, 1.165) is 12.1 Å². The minimum absolute atomic E-state index is 0.106. The van der Waals surface area contributed by atoms with Gasteiger partial charge in [0.2, 0.25) is 5.91 Å². The van der Waals surface area contributed by atoms with E-state index in [4.69, 9.17) is 5.73 Å². The molecular formula is C14H24N4O. The number of aryl methyl sites for hydroxylation is 1. The van der Waals surface area contributed by atoms with Crippen molar-refractivity contribution in [1.29, 1.82) is 0 Å². The van der Waals surface area contributed by atoms with Gasteiger partial charge in [-0.25, -0.2) is 0 Å². The molecule has 3 N–H and O–H groups in total. The summed E-state index contributed by atoms with van der Waals surface area (Å²) < 4.78 is 1.66. The van der Waals surface area contributed by atoms with E-state index in [0.29, 0.717) is 11.8 Å². The molecule has 1 amide bonds. The lowest BCUT2D eigenvalue weighted by atomic mass is 9.80. The Bertz CT molecular complexity index is 429. The number of rotatable bonds is 4. The van der Waals surface area contributed by atoms with Crippen LogP contribution in [-0.2, 0) is 11.8 Å². The highest BCUT2D eigenvalue weighted by atomic mass is 16.2. The normalized spacial score (nSPS) is 25.0. The Morgan fingerprint density at radius 3 is 2.95 bits per heavy atom. The van der Waals surface area contributed by atoms with Gasteiger partial charge in [-0.2, -0.15) is 5.10 Å². The quantitative estimate of drug-likeness (QED) is 0.862. The third-order valence-corrected chi connectivity index (χ3v) is 4.19. The van der Waals surface area contributed by atoms with Gasteiger partial charge in [0.15, 0.2) is 0 Å². The van der Waals surface area contributed by atoms with E-state index in [1.54, 1.807) is 17.1 Å². The molecule has 0 aliphatic heterocycles. The van der Waals surface area contributed by atoms with Crippen molar-refractivity contribution in [2.45, 2.75) is 38.6 Å². The Kier molecular flexibility index (Phi) is 4.58.